The zero-order valence-electron chi connectivity index (χ0n) is 10.1. The summed E-state index contributed by atoms with van der Waals surface area (Å²) in [6, 6.07) is 9.47. The summed E-state index contributed by atoms with van der Waals surface area (Å²) in [6.07, 6.45) is 0.845. The molecule has 0 amide bonds. The van der Waals surface area contributed by atoms with Crippen molar-refractivity contribution in [2.24, 2.45) is 0 Å². The lowest BCUT2D eigenvalue weighted by Gasteiger charge is -2.27. The summed E-state index contributed by atoms with van der Waals surface area (Å²) in [6.45, 7) is 0.681. The van der Waals surface area contributed by atoms with Gasteiger partial charge in [-0.15, -0.1) is 0 Å². The number of hydrogen-bond acceptors (Lipinski definition) is 1. The van der Waals surface area contributed by atoms with Gasteiger partial charge >= 0.3 is 0 Å². The number of nitrogens with one attached hydrogen (secondary N) is 1. The van der Waals surface area contributed by atoms with E-state index in [1.165, 1.54) is 6.07 Å². The van der Waals surface area contributed by atoms with Crippen LogP contribution in [0.1, 0.15) is 22.7 Å². The van der Waals surface area contributed by atoms with Gasteiger partial charge in [0.25, 0.3) is 0 Å². The number of benzene rings is 2. The lowest BCUT2D eigenvalue weighted by Crippen LogP contribution is -2.31. The smallest absolute Gasteiger partial charge is 0.194 e. The van der Waals surface area contributed by atoms with Crippen LogP contribution < -0.4 is 5.32 Å². The van der Waals surface area contributed by atoms with Crippen molar-refractivity contribution in [3.63, 3.8) is 0 Å². The van der Waals surface area contributed by atoms with Gasteiger partial charge in [-0.25, -0.2) is 13.2 Å². The summed E-state index contributed by atoms with van der Waals surface area (Å²) in [5.74, 6) is -3.69. The van der Waals surface area contributed by atoms with Crippen LogP contribution in [-0.2, 0) is 6.42 Å². The Kier molecular flexibility index (Phi) is 3.03. The maximum atomic E-state index is 13.9. The zero-order valence-corrected chi connectivity index (χ0v) is 10.1. The van der Waals surface area contributed by atoms with Crippen LogP contribution in [0, 0.1) is 17.5 Å². The molecular formula is C15H12F3N. The average molecular weight is 263 g/mol. The van der Waals surface area contributed by atoms with Crippen molar-refractivity contribution in [1.82, 2.24) is 5.32 Å². The highest BCUT2D eigenvalue weighted by molar-refractivity contribution is 5.40. The lowest BCUT2D eigenvalue weighted by atomic mass is 9.89. The highest BCUT2D eigenvalue weighted by Gasteiger charge is 2.25. The van der Waals surface area contributed by atoms with E-state index in [0.717, 1.165) is 23.6 Å². The van der Waals surface area contributed by atoms with E-state index in [4.69, 9.17) is 0 Å². The SMILES string of the molecule is Fc1ccc(C2NCCc3ccccc32)c(F)c1F. The lowest BCUT2D eigenvalue weighted by molar-refractivity contribution is 0.430. The van der Waals surface area contributed by atoms with Gasteiger partial charge in [0, 0.05) is 12.1 Å². The van der Waals surface area contributed by atoms with E-state index in [2.05, 4.69) is 5.32 Å². The molecule has 2 aromatic rings. The van der Waals surface area contributed by atoms with Gasteiger partial charge in [-0.3, -0.25) is 0 Å². The van der Waals surface area contributed by atoms with Crippen LogP contribution in [0.2, 0.25) is 0 Å². The van der Waals surface area contributed by atoms with Gasteiger partial charge in [0.1, 0.15) is 0 Å². The van der Waals surface area contributed by atoms with Crippen molar-refractivity contribution >= 4 is 0 Å². The van der Waals surface area contributed by atoms with Gasteiger partial charge in [-0.1, -0.05) is 30.3 Å². The van der Waals surface area contributed by atoms with E-state index in [1.807, 2.05) is 24.3 Å². The molecule has 0 fully saturated rings. The molecule has 1 nitrogen and oxygen atoms in total. The summed E-state index contributed by atoms with van der Waals surface area (Å²) in [5.41, 5.74) is 2.17. The monoisotopic (exact) mass is 263 g/mol. The van der Waals surface area contributed by atoms with E-state index in [0.29, 0.717) is 6.54 Å². The molecule has 1 atom stereocenters. The summed E-state index contributed by atoms with van der Waals surface area (Å²) in [7, 11) is 0. The summed E-state index contributed by atoms with van der Waals surface area (Å²) in [4.78, 5) is 0. The van der Waals surface area contributed by atoms with Crippen LogP contribution in [0.3, 0.4) is 0 Å². The van der Waals surface area contributed by atoms with E-state index in [1.54, 1.807) is 0 Å². The Morgan fingerprint density at radius 3 is 2.53 bits per heavy atom. The number of fused-ring (bicyclic) bond motifs is 1. The Labute approximate surface area is 109 Å². The molecule has 4 heteroatoms. The second kappa shape index (κ2) is 4.70. The number of hydrogen-bond donors (Lipinski definition) is 1. The first-order valence-corrected chi connectivity index (χ1v) is 6.13. The van der Waals surface area contributed by atoms with E-state index in [-0.39, 0.29) is 5.56 Å². The molecule has 0 aliphatic carbocycles. The van der Waals surface area contributed by atoms with Crippen molar-refractivity contribution in [2.75, 3.05) is 6.54 Å². The molecule has 1 aliphatic heterocycles. The van der Waals surface area contributed by atoms with Crippen LogP contribution in [-0.4, -0.2) is 6.54 Å². The molecule has 0 saturated carbocycles. The molecule has 0 bridgehead atoms. The van der Waals surface area contributed by atoms with Crippen LogP contribution in [0.5, 0.6) is 0 Å². The zero-order chi connectivity index (χ0) is 13.4. The van der Waals surface area contributed by atoms with Crippen molar-refractivity contribution < 1.29 is 13.2 Å². The second-order valence-corrected chi connectivity index (χ2v) is 4.60. The first-order chi connectivity index (χ1) is 9.18. The van der Waals surface area contributed by atoms with Gasteiger partial charge in [0.2, 0.25) is 0 Å². The average Bonchev–Trinajstić information content (AvgIpc) is 2.45. The fraction of sp³-hybridized carbons (Fsp3) is 0.200. The Morgan fingerprint density at radius 1 is 0.895 bits per heavy atom. The highest BCUT2D eigenvalue weighted by atomic mass is 19.2. The van der Waals surface area contributed by atoms with Crippen molar-refractivity contribution in [1.29, 1.82) is 0 Å². The highest BCUT2D eigenvalue weighted by Crippen LogP contribution is 2.31. The van der Waals surface area contributed by atoms with Gasteiger partial charge in [-0.05, 0) is 23.6 Å². The summed E-state index contributed by atoms with van der Waals surface area (Å²) < 4.78 is 40.2. The largest absolute Gasteiger partial charge is 0.306 e. The van der Waals surface area contributed by atoms with Crippen LogP contribution in [0.25, 0.3) is 0 Å². The third-order valence-electron chi connectivity index (χ3n) is 3.48. The van der Waals surface area contributed by atoms with Crippen molar-refractivity contribution in [3.05, 3.63) is 70.5 Å². The second-order valence-electron chi connectivity index (χ2n) is 4.60. The van der Waals surface area contributed by atoms with Gasteiger partial charge in [0.05, 0.1) is 6.04 Å². The Morgan fingerprint density at radius 2 is 1.68 bits per heavy atom. The quantitative estimate of drug-likeness (QED) is 0.778. The molecule has 1 N–H and O–H groups in total. The third kappa shape index (κ3) is 2.02. The number of halogens is 3. The molecule has 0 spiro atoms. The minimum Gasteiger partial charge on any atom is -0.306 e. The molecule has 2 aromatic carbocycles. The molecular weight excluding hydrogens is 251 g/mol. The van der Waals surface area contributed by atoms with Crippen molar-refractivity contribution in [2.45, 2.75) is 12.5 Å². The number of rotatable bonds is 1. The topological polar surface area (TPSA) is 12.0 Å². The normalized spacial score (nSPS) is 18.2. The predicted molar refractivity (Wildman–Crippen MR) is 66.3 cm³/mol. The fourth-order valence-electron chi connectivity index (χ4n) is 2.55. The Bertz CT molecular complexity index is 625. The predicted octanol–water partition coefficient (Wildman–Crippen LogP) is 3.34. The van der Waals surface area contributed by atoms with E-state index >= 15 is 0 Å². The van der Waals surface area contributed by atoms with Crippen molar-refractivity contribution in [3.8, 4) is 0 Å². The Hall–Kier alpha value is -1.81. The molecule has 19 heavy (non-hydrogen) atoms. The van der Waals surface area contributed by atoms with Crippen LogP contribution >= 0.6 is 0 Å². The summed E-state index contributed by atoms with van der Waals surface area (Å²) >= 11 is 0. The molecule has 1 heterocycles. The van der Waals surface area contributed by atoms with E-state index in [9.17, 15) is 13.2 Å². The van der Waals surface area contributed by atoms with Crippen LogP contribution in [0.15, 0.2) is 36.4 Å². The van der Waals surface area contributed by atoms with E-state index < -0.39 is 23.5 Å². The fourth-order valence-corrected chi connectivity index (χ4v) is 2.55. The minimum atomic E-state index is -1.41. The molecule has 0 radical (unpaired) electrons. The molecule has 0 aromatic heterocycles. The maximum Gasteiger partial charge on any atom is 0.194 e. The molecule has 0 saturated heterocycles. The maximum absolute atomic E-state index is 13.9. The molecule has 1 aliphatic rings. The minimum absolute atomic E-state index is 0.144. The molecule has 1 unspecified atom stereocenters. The van der Waals surface area contributed by atoms with Crippen LogP contribution in [0.4, 0.5) is 13.2 Å². The standard InChI is InChI=1S/C15H12F3N/c16-12-6-5-11(13(17)14(12)18)15-10-4-2-1-3-9(10)7-8-19-15/h1-6,15,19H,7-8H2. The summed E-state index contributed by atoms with van der Waals surface area (Å²) in [5, 5.41) is 3.15. The van der Waals surface area contributed by atoms with Gasteiger partial charge in [0.15, 0.2) is 17.5 Å². The third-order valence-corrected chi connectivity index (χ3v) is 3.48. The first kappa shape index (κ1) is 12.2. The first-order valence-electron chi connectivity index (χ1n) is 6.13. The molecule has 3 rings (SSSR count). The Balaban J connectivity index is 2.12. The van der Waals surface area contributed by atoms with Gasteiger partial charge in [-0.2, -0.15) is 0 Å². The molecule has 98 valence electrons. The van der Waals surface area contributed by atoms with Gasteiger partial charge < -0.3 is 5.32 Å².